The van der Waals surface area contributed by atoms with Crippen molar-refractivity contribution in [2.24, 2.45) is 17.8 Å². The summed E-state index contributed by atoms with van der Waals surface area (Å²) in [6.45, 7) is 2.63. The van der Waals surface area contributed by atoms with E-state index in [4.69, 9.17) is 5.73 Å². The van der Waals surface area contributed by atoms with E-state index in [2.05, 4.69) is 15.0 Å². The van der Waals surface area contributed by atoms with Crippen LogP contribution in [0.2, 0.25) is 0 Å². The first-order valence-corrected chi connectivity index (χ1v) is 6.51. The van der Waals surface area contributed by atoms with E-state index in [1.165, 1.54) is 0 Å². The van der Waals surface area contributed by atoms with Gasteiger partial charge in [0.1, 0.15) is 0 Å². The van der Waals surface area contributed by atoms with Crippen molar-refractivity contribution in [2.45, 2.75) is 6.54 Å². The van der Waals surface area contributed by atoms with Crippen LogP contribution in [0.3, 0.4) is 0 Å². The first-order valence-electron chi connectivity index (χ1n) is 5.36. The topological polar surface area (TPSA) is 59.4 Å². The molecule has 88 valence electrons. The van der Waals surface area contributed by atoms with Crippen LogP contribution in [-0.2, 0) is 13.6 Å². The van der Waals surface area contributed by atoms with Gasteiger partial charge in [0.05, 0.1) is 12.7 Å². The van der Waals surface area contributed by atoms with Crippen molar-refractivity contribution in [3.63, 3.8) is 0 Å². The molecule has 2 N–H and O–H groups in total. The predicted octanol–water partition coefficient (Wildman–Crippen LogP) is 0.284. The fourth-order valence-corrected chi connectivity index (χ4v) is 2.52. The summed E-state index contributed by atoms with van der Waals surface area (Å²) in [5.41, 5.74) is 7.04. The molecule has 0 aromatic carbocycles. The summed E-state index contributed by atoms with van der Waals surface area (Å²) in [4.78, 5) is 6.53. The Kier molecular flexibility index (Phi) is 3.71. The van der Waals surface area contributed by atoms with Gasteiger partial charge in [-0.2, -0.15) is 16.9 Å². The first-order chi connectivity index (χ1) is 7.75. The van der Waals surface area contributed by atoms with Crippen molar-refractivity contribution in [2.75, 3.05) is 24.6 Å². The van der Waals surface area contributed by atoms with Gasteiger partial charge in [-0.15, -0.1) is 0 Å². The molecule has 0 amide bonds. The van der Waals surface area contributed by atoms with Crippen LogP contribution >= 0.6 is 11.8 Å². The standard InChI is InChI=1S/C10H17N5S/c1-14-8-9(7-13-14)6-12-10(11)15-2-4-16-5-3-15/h7-8H,2-6H2,1H3,(H2,11,12). The van der Waals surface area contributed by atoms with Crippen LogP contribution in [0.15, 0.2) is 17.4 Å². The van der Waals surface area contributed by atoms with E-state index >= 15 is 0 Å². The zero-order chi connectivity index (χ0) is 11.4. The summed E-state index contributed by atoms with van der Waals surface area (Å²) in [6, 6.07) is 0. The van der Waals surface area contributed by atoms with Crippen LogP contribution in [-0.4, -0.2) is 45.2 Å². The third-order valence-corrected chi connectivity index (χ3v) is 3.46. The Balaban J connectivity index is 1.90. The molecule has 0 spiro atoms. The van der Waals surface area contributed by atoms with Crippen molar-refractivity contribution >= 4 is 17.7 Å². The lowest BCUT2D eigenvalue weighted by Crippen LogP contribution is -2.42. The van der Waals surface area contributed by atoms with E-state index in [9.17, 15) is 0 Å². The number of aryl methyl sites for hydroxylation is 1. The lowest BCUT2D eigenvalue weighted by molar-refractivity contribution is 0.455. The Morgan fingerprint density at radius 3 is 2.94 bits per heavy atom. The van der Waals surface area contributed by atoms with Crippen molar-refractivity contribution in [1.29, 1.82) is 0 Å². The number of nitrogens with zero attached hydrogens (tertiary/aromatic N) is 4. The lowest BCUT2D eigenvalue weighted by atomic mass is 10.4. The number of aliphatic imine (C=N–C) groups is 1. The van der Waals surface area contributed by atoms with E-state index in [0.717, 1.165) is 30.2 Å². The van der Waals surface area contributed by atoms with E-state index < -0.39 is 0 Å². The van der Waals surface area contributed by atoms with Crippen molar-refractivity contribution in [3.8, 4) is 0 Å². The quantitative estimate of drug-likeness (QED) is 0.595. The molecule has 0 bridgehead atoms. The average Bonchev–Trinajstić information content (AvgIpc) is 2.73. The molecule has 2 rings (SSSR count). The summed E-state index contributed by atoms with van der Waals surface area (Å²) in [5.74, 6) is 2.94. The molecule has 16 heavy (non-hydrogen) atoms. The molecule has 0 saturated carbocycles. The summed E-state index contributed by atoms with van der Waals surface area (Å²) >= 11 is 1.97. The molecule has 1 aromatic heterocycles. The second kappa shape index (κ2) is 5.25. The zero-order valence-electron chi connectivity index (χ0n) is 9.46. The smallest absolute Gasteiger partial charge is 0.191 e. The molecule has 0 aliphatic carbocycles. The lowest BCUT2D eigenvalue weighted by Gasteiger charge is -2.27. The third-order valence-electron chi connectivity index (χ3n) is 2.52. The highest BCUT2D eigenvalue weighted by atomic mass is 32.2. The largest absolute Gasteiger partial charge is 0.370 e. The Morgan fingerprint density at radius 1 is 1.56 bits per heavy atom. The Bertz CT molecular complexity index is 367. The number of hydrogen-bond acceptors (Lipinski definition) is 3. The molecule has 2 heterocycles. The van der Waals surface area contributed by atoms with Crippen molar-refractivity contribution in [3.05, 3.63) is 18.0 Å². The molecular formula is C10H17N5S. The van der Waals surface area contributed by atoms with Crippen LogP contribution in [0.5, 0.6) is 0 Å². The maximum absolute atomic E-state index is 5.94. The minimum absolute atomic E-state index is 0.614. The van der Waals surface area contributed by atoms with Crippen LogP contribution in [0.1, 0.15) is 5.56 Å². The van der Waals surface area contributed by atoms with Gasteiger partial charge in [-0.1, -0.05) is 0 Å². The van der Waals surface area contributed by atoms with E-state index in [-0.39, 0.29) is 0 Å². The first kappa shape index (κ1) is 11.3. The number of rotatable bonds is 2. The maximum atomic E-state index is 5.94. The van der Waals surface area contributed by atoms with E-state index in [1.54, 1.807) is 4.68 Å². The third kappa shape index (κ3) is 2.91. The summed E-state index contributed by atoms with van der Waals surface area (Å²) in [5, 5.41) is 4.10. The normalized spacial score (nSPS) is 17.8. The predicted molar refractivity (Wildman–Crippen MR) is 67.4 cm³/mol. The highest BCUT2D eigenvalue weighted by Gasteiger charge is 2.11. The number of nitrogens with two attached hydrogens (primary N) is 1. The van der Waals surface area contributed by atoms with Gasteiger partial charge in [-0.25, -0.2) is 4.99 Å². The Morgan fingerprint density at radius 2 is 2.31 bits per heavy atom. The minimum Gasteiger partial charge on any atom is -0.370 e. The van der Waals surface area contributed by atoms with Gasteiger partial charge in [-0.05, 0) is 0 Å². The fourth-order valence-electron chi connectivity index (χ4n) is 1.62. The van der Waals surface area contributed by atoms with Gasteiger partial charge in [0, 0.05) is 43.4 Å². The Hall–Kier alpha value is -1.17. The highest BCUT2D eigenvalue weighted by molar-refractivity contribution is 7.99. The van der Waals surface area contributed by atoms with Crippen molar-refractivity contribution < 1.29 is 0 Å². The molecule has 5 nitrogen and oxygen atoms in total. The van der Waals surface area contributed by atoms with Gasteiger partial charge in [-0.3, -0.25) is 4.68 Å². The SMILES string of the molecule is Cn1cc(CN=C(N)N2CCSCC2)cn1. The minimum atomic E-state index is 0.614. The average molecular weight is 239 g/mol. The van der Waals surface area contributed by atoms with Crippen molar-refractivity contribution in [1.82, 2.24) is 14.7 Å². The molecule has 0 atom stereocenters. The zero-order valence-corrected chi connectivity index (χ0v) is 10.3. The summed E-state index contributed by atoms with van der Waals surface area (Å²) in [7, 11) is 1.90. The molecule has 1 aromatic rings. The summed E-state index contributed by atoms with van der Waals surface area (Å²) < 4.78 is 1.78. The molecule has 1 fully saturated rings. The molecule has 1 saturated heterocycles. The number of guanidine groups is 1. The van der Waals surface area contributed by atoms with Gasteiger partial charge in [0.15, 0.2) is 5.96 Å². The molecule has 6 heteroatoms. The molecular weight excluding hydrogens is 222 g/mol. The fraction of sp³-hybridized carbons (Fsp3) is 0.600. The van der Waals surface area contributed by atoms with Gasteiger partial charge in [0.2, 0.25) is 0 Å². The van der Waals surface area contributed by atoms with Crippen LogP contribution in [0, 0.1) is 0 Å². The maximum Gasteiger partial charge on any atom is 0.191 e. The molecule has 0 unspecified atom stereocenters. The monoisotopic (exact) mass is 239 g/mol. The second-order valence-electron chi connectivity index (χ2n) is 3.80. The highest BCUT2D eigenvalue weighted by Crippen LogP contribution is 2.09. The molecule has 1 aliphatic rings. The van der Waals surface area contributed by atoms with Gasteiger partial charge in [0.25, 0.3) is 0 Å². The van der Waals surface area contributed by atoms with Crippen LogP contribution in [0.25, 0.3) is 0 Å². The molecule has 1 aliphatic heterocycles. The molecule has 0 radical (unpaired) electrons. The number of thioether (sulfide) groups is 1. The summed E-state index contributed by atoms with van der Waals surface area (Å²) in [6.07, 6.45) is 3.78. The van der Waals surface area contributed by atoms with Gasteiger partial charge < -0.3 is 10.6 Å². The Labute approximate surface area is 99.7 Å². The van der Waals surface area contributed by atoms with E-state index in [0.29, 0.717) is 12.5 Å². The second-order valence-corrected chi connectivity index (χ2v) is 5.02. The van der Waals surface area contributed by atoms with E-state index in [1.807, 2.05) is 31.2 Å². The van der Waals surface area contributed by atoms with Crippen LogP contribution < -0.4 is 5.73 Å². The number of hydrogen-bond donors (Lipinski definition) is 1. The van der Waals surface area contributed by atoms with Gasteiger partial charge >= 0.3 is 0 Å². The van der Waals surface area contributed by atoms with Crippen LogP contribution in [0.4, 0.5) is 0 Å². The number of aromatic nitrogens is 2.